The zero-order chi connectivity index (χ0) is 13.8. The minimum absolute atomic E-state index is 0.342. The van der Waals surface area contributed by atoms with Crippen LogP contribution in [0.25, 0.3) is 0 Å². The molecule has 19 heavy (non-hydrogen) atoms. The summed E-state index contributed by atoms with van der Waals surface area (Å²) in [6.45, 7) is 0. The Labute approximate surface area is 115 Å². The van der Waals surface area contributed by atoms with Crippen molar-refractivity contribution >= 4 is 17.3 Å². The smallest absolute Gasteiger partial charge is 0.154 e. The topological polar surface area (TPSA) is 68.3 Å². The van der Waals surface area contributed by atoms with Crippen LogP contribution in [0.2, 0.25) is 5.02 Å². The number of nitrogens with zero attached hydrogens (tertiary/aromatic N) is 1. The van der Waals surface area contributed by atoms with Crippen molar-refractivity contribution in [1.82, 2.24) is 0 Å². The number of benzene rings is 2. The molecule has 0 saturated carbocycles. The van der Waals surface area contributed by atoms with Gasteiger partial charge in [0, 0.05) is 11.1 Å². The summed E-state index contributed by atoms with van der Waals surface area (Å²) in [5.41, 5.74) is 6.62. The van der Waals surface area contributed by atoms with Gasteiger partial charge in [-0.1, -0.05) is 11.6 Å². The van der Waals surface area contributed by atoms with Crippen molar-refractivity contribution in [2.24, 2.45) is 0 Å². The molecule has 0 aliphatic carbocycles. The van der Waals surface area contributed by atoms with Crippen molar-refractivity contribution in [3.63, 3.8) is 0 Å². The van der Waals surface area contributed by atoms with Crippen LogP contribution in [-0.4, -0.2) is 7.11 Å². The second kappa shape index (κ2) is 5.51. The van der Waals surface area contributed by atoms with E-state index in [0.717, 1.165) is 0 Å². The number of nitrogens with two attached hydrogens (primary N) is 1. The molecule has 0 atom stereocenters. The molecule has 0 saturated heterocycles. The molecular formula is C14H11ClN2O2. The van der Waals surface area contributed by atoms with Crippen molar-refractivity contribution in [3.8, 4) is 23.3 Å². The van der Waals surface area contributed by atoms with Crippen LogP contribution in [0.5, 0.6) is 17.2 Å². The Bertz CT molecular complexity index is 650. The van der Waals surface area contributed by atoms with Gasteiger partial charge in [-0.05, 0) is 30.3 Å². The number of nitriles is 1. The summed E-state index contributed by atoms with van der Waals surface area (Å²) in [5, 5.41) is 9.52. The van der Waals surface area contributed by atoms with E-state index in [4.69, 9.17) is 32.1 Å². The highest BCUT2D eigenvalue weighted by Crippen LogP contribution is 2.33. The highest BCUT2D eigenvalue weighted by molar-refractivity contribution is 6.30. The van der Waals surface area contributed by atoms with E-state index in [1.54, 1.807) is 37.4 Å². The van der Waals surface area contributed by atoms with Crippen LogP contribution in [0.4, 0.5) is 5.69 Å². The number of halogens is 1. The first-order chi connectivity index (χ1) is 9.13. The lowest BCUT2D eigenvalue weighted by Crippen LogP contribution is -1.95. The van der Waals surface area contributed by atoms with Gasteiger partial charge in [0.15, 0.2) is 5.75 Å². The van der Waals surface area contributed by atoms with Crippen LogP contribution in [0.15, 0.2) is 36.4 Å². The van der Waals surface area contributed by atoms with Gasteiger partial charge >= 0.3 is 0 Å². The molecule has 0 amide bonds. The van der Waals surface area contributed by atoms with Gasteiger partial charge in [0.2, 0.25) is 0 Å². The molecule has 0 fully saturated rings. The van der Waals surface area contributed by atoms with E-state index in [9.17, 15) is 0 Å². The molecular weight excluding hydrogens is 264 g/mol. The Balaban J connectivity index is 2.39. The second-order valence-corrected chi connectivity index (χ2v) is 4.19. The molecule has 0 aliphatic heterocycles. The molecule has 0 unspecified atom stereocenters. The minimum Gasteiger partial charge on any atom is -0.497 e. The molecule has 2 aromatic carbocycles. The van der Waals surface area contributed by atoms with Crippen LogP contribution >= 0.6 is 11.6 Å². The van der Waals surface area contributed by atoms with Gasteiger partial charge in [0.1, 0.15) is 17.6 Å². The SMILES string of the molecule is COc1ccc(N)c(Oc2ccc(Cl)cc2C#N)c1. The van der Waals surface area contributed by atoms with Gasteiger partial charge in [-0.25, -0.2) is 0 Å². The van der Waals surface area contributed by atoms with Gasteiger partial charge in [-0.3, -0.25) is 0 Å². The van der Waals surface area contributed by atoms with Crippen molar-refractivity contribution < 1.29 is 9.47 Å². The van der Waals surface area contributed by atoms with Gasteiger partial charge in [-0.2, -0.15) is 5.26 Å². The molecule has 0 radical (unpaired) electrons. The summed E-state index contributed by atoms with van der Waals surface area (Å²) in [4.78, 5) is 0. The van der Waals surface area contributed by atoms with Crippen LogP contribution < -0.4 is 15.2 Å². The standard InChI is InChI=1S/C14H11ClN2O2/c1-18-11-3-4-12(17)14(7-11)19-13-5-2-10(15)6-9(13)8-16/h2-7H,17H2,1H3. The lowest BCUT2D eigenvalue weighted by Gasteiger charge is -2.11. The maximum atomic E-state index is 9.05. The normalized spacial score (nSPS) is 9.74. The average molecular weight is 275 g/mol. The maximum absolute atomic E-state index is 9.05. The summed E-state index contributed by atoms with van der Waals surface area (Å²) >= 11 is 5.83. The van der Waals surface area contributed by atoms with E-state index in [1.165, 1.54) is 6.07 Å². The van der Waals surface area contributed by atoms with Gasteiger partial charge in [-0.15, -0.1) is 0 Å². The zero-order valence-electron chi connectivity index (χ0n) is 10.2. The zero-order valence-corrected chi connectivity index (χ0v) is 10.9. The minimum atomic E-state index is 0.342. The van der Waals surface area contributed by atoms with Crippen LogP contribution in [-0.2, 0) is 0 Å². The number of anilines is 1. The van der Waals surface area contributed by atoms with Crippen LogP contribution in [0.3, 0.4) is 0 Å². The first-order valence-electron chi connectivity index (χ1n) is 5.45. The average Bonchev–Trinajstić information content (AvgIpc) is 2.43. The van der Waals surface area contributed by atoms with Gasteiger partial charge in [0.25, 0.3) is 0 Å². The molecule has 2 rings (SSSR count). The van der Waals surface area contributed by atoms with E-state index in [1.807, 2.05) is 6.07 Å². The molecule has 2 aromatic rings. The third kappa shape index (κ3) is 2.90. The van der Waals surface area contributed by atoms with E-state index >= 15 is 0 Å². The maximum Gasteiger partial charge on any atom is 0.154 e. The van der Waals surface area contributed by atoms with Gasteiger partial charge in [0.05, 0.1) is 18.4 Å². The monoisotopic (exact) mass is 274 g/mol. The molecule has 4 nitrogen and oxygen atoms in total. The number of methoxy groups -OCH3 is 1. The van der Waals surface area contributed by atoms with Crippen molar-refractivity contribution in [2.75, 3.05) is 12.8 Å². The Kier molecular flexibility index (Phi) is 3.79. The summed E-state index contributed by atoms with van der Waals surface area (Å²) in [5.74, 6) is 1.45. The number of hydrogen-bond donors (Lipinski definition) is 1. The van der Waals surface area contributed by atoms with Crippen molar-refractivity contribution in [1.29, 1.82) is 5.26 Å². The summed E-state index contributed by atoms with van der Waals surface area (Å²) < 4.78 is 10.7. The third-order valence-corrected chi connectivity index (χ3v) is 2.74. The quantitative estimate of drug-likeness (QED) is 0.869. The lowest BCUT2D eigenvalue weighted by molar-refractivity contribution is 0.409. The lowest BCUT2D eigenvalue weighted by atomic mass is 10.2. The molecule has 0 heterocycles. The fourth-order valence-corrected chi connectivity index (χ4v) is 1.70. The van der Waals surface area contributed by atoms with E-state index in [0.29, 0.717) is 33.5 Å². The fraction of sp³-hybridized carbons (Fsp3) is 0.0714. The highest BCUT2D eigenvalue weighted by atomic mass is 35.5. The Hall–Kier alpha value is -2.38. The number of rotatable bonds is 3. The Morgan fingerprint density at radius 1 is 1.16 bits per heavy atom. The number of ether oxygens (including phenoxy) is 2. The molecule has 0 aliphatic rings. The Morgan fingerprint density at radius 3 is 2.63 bits per heavy atom. The highest BCUT2D eigenvalue weighted by Gasteiger charge is 2.09. The molecule has 0 aromatic heterocycles. The van der Waals surface area contributed by atoms with Crippen LogP contribution in [0, 0.1) is 11.3 Å². The first kappa shape index (κ1) is 13.1. The predicted molar refractivity (Wildman–Crippen MR) is 73.6 cm³/mol. The molecule has 0 spiro atoms. The molecule has 96 valence electrons. The van der Waals surface area contributed by atoms with E-state index in [2.05, 4.69) is 0 Å². The summed E-state index contributed by atoms with van der Waals surface area (Å²) in [6, 6.07) is 11.9. The van der Waals surface area contributed by atoms with E-state index < -0.39 is 0 Å². The largest absolute Gasteiger partial charge is 0.497 e. The van der Waals surface area contributed by atoms with E-state index in [-0.39, 0.29) is 0 Å². The van der Waals surface area contributed by atoms with Crippen molar-refractivity contribution in [3.05, 3.63) is 47.0 Å². The summed E-state index contributed by atoms with van der Waals surface area (Å²) in [7, 11) is 1.55. The second-order valence-electron chi connectivity index (χ2n) is 3.76. The van der Waals surface area contributed by atoms with Gasteiger partial charge < -0.3 is 15.2 Å². The summed E-state index contributed by atoms with van der Waals surface area (Å²) in [6.07, 6.45) is 0. The van der Waals surface area contributed by atoms with Crippen LogP contribution in [0.1, 0.15) is 5.56 Å². The fourth-order valence-electron chi connectivity index (χ4n) is 1.53. The predicted octanol–water partition coefficient (Wildman–Crippen LogP) is 3.59. The molecule has 2 N–H and O–H groups in total. The number of nitrogen functional groups attached to an aromatic ring is 1. The third-order valence-electron chi connectivity index (χ3n) is 2.50. The molecule has 5 heteroatoms. The number of hydrogen-bond acceptors (Lipinski definition) is 4. The Morgan fingerprint density at radius 2 is 1.95 bits per heavy atom. The molecule has 0 bridgehead atoms. The van der Waals surface area contributed by atoms with Crippen molar-refractivity contribution in [2.45, 2.75) is 0 Å². The first-order valence-corrected chi connectivity index (χ1v) is 5.83.